The minimum atomic E-state index is 0.585. The highest BCUT2D eigenvalue weighted by Gasteiger charge is 2.14. The molecule has 25 heavy (non-hydrogen) atoms. The SMILES string of the molecule is Cc1ccn(-c2ccc(NCc3cccc4c3OCCCO4)nn2)n1. The highest BCUT2D eigenvalue weighted by atomic mass is 16.5. The maximum absolute atomic E-state index is 5.83. The van der Waals surface area contributed by atoms with Gasteiger partial charge in [0.2, 0.25) is 0 Å². The molecule has 0 saturated carbocycles. The summed E-state index contributed by atoms with van der Waals surface area (Å²) in [6.45, 7) is 3.88. The van der Waals surface area contributed by atoms with Crippen molar-refractivity contribution < 1.29 is 9.47 Å². The van der Waals surface area contributed by atoms with E-state index in [9.17, 15) is 0 Å². The van der Waals surface area contributed by atoms with Crippen LogP contribution >= 0.6 is 0 Å². The van der Waals surface area contributed by atoms with Crippen LogP contribution in [0.25, 0.3) is 5.82 Å². The molecule has 0 aliphatic carbocycles. The van der Waals surface area contributed by atoms with E-state index in [1.54, 1.807) is 4.68 Å². The fraction of sp³-hybridized carbons (Fsp3) is 0.278. The number of nitrogens with one attached hydrogen (secondary N) is 1. The van der Waals surface area contributed by atoms with Crippen molar-refractivity contribution in [2.24, 2.45) is 0 Å². The molecule has 3 heterocycles. The predicted octanol–water partition coefficient (Wildman–Crippen LogP) is 2.74. The second kappa shape index (κ2) is 6.80. The van der Waals surface area contributed by atoms with Crippen molar-refractivity contribution in [3.63, 3.8) is 0 Å². The quantitative estimate of drug-likeness (QED) is 0.789. The summed E-state index contributed by atoms with van der Waals surface area (Å²) in [5.41, 5.74) is 1.98. The molecule has 4 rings (SSSR count). The Morgan fingerprint density at radius 1 is 1.08 bits per heavy atom. The van der Waals surface area contributed by atoms with Crippen LogP contribution in [0.1, 0.15) is 17.7 Å². The molecule has 7 nitrogen and oxygen atoms in total. The Labute approximate surface area is 145 Å². The molecule has 0 bridgehead atoms. The molecule has 0 radical (unpaired) electrons. The normalized spacial score (nSPS) is 13.3. The Bertz CT molecular complexity index is 860. The second-order valence-electron chi connectivity index (χ2n) is 5.83. The van der Waals surface area contributed by atoms with E-state index in [2.05, 4.69) is 20.6 Å². The van der Waals surface area contributed by atoms with E-state index < -0.39 is 0 Å². The largest absolute Gasteiger partial charge is 0.490 e. The van der Waals surface area contributed by atoms with E-state index >= 15 is 0 Å². The average molecular weight is 337 g/mol. The highest BCUT2D eigenvalue weighted by molar-refractivity contribution is 5.49. The van der Waals surface area contributed by atoms with Crippen molar-refractivity contribution in [2.45, 2.75) is 19.9 Å². The van der Waals surface area contributed by atoms with Gasteiger partial charge in [-0.1, -0.05) is 12.1 Å². The Hall–Kier alpha value is -3.09. The first-order chi connectivity index (χ1) is 12.3. The minimum Gasteiger partial charge on any atom is -0.490 e. The first kappa shape index (κ1) is 15.4. The van der Waals surface area contributed by atoms with Gasteiger partial charge >= 0.3 is 0 Å². The first-order valence-corrected chi connectivity index (χ1v) is 8.27. The van der Waals surface area contributed by atoms with Crippen LogP contribution in [0, 0.1) is 6.92 Å². The standard InChI is InChI=1S/C18H19N5O2/c1-13-8-9-23(22-13)17-7-6-16(20-21-17)19-12-14-4-2-5-15-18(14)25-11-3-10-24-15/h2,4-9H,3,10-12H2,1H3,(H,19,20). The summed E-state index contributed by atoms with van der Waals surface area (Å²) in [4.78, 5) is 0. The summed E-state index contributed by atoms with van der Waals surface area (Å²) in [7, 11) is 0. The van der Waals surface area contributed by atoms with Gasteiger partial charge in [0.05, 0.1) is 18.9 Å². The summed E-state index contributed by atoms with van der Waals surface area (Å²) in [5.74, 6) is 2.99. The van der Waals surface area contributed by atoms with Gasteiger partial charge in [-0.2, -0.15) is 5.10 Å². The Morgan fingerprint density at radius 2 is 2.00 bits per heavy atom. The Kier molecular flexibility index (Phi) is 4.20. The van der Waals surface area contributed by atoms with E-state index in [0.29, 0.717) is 31.4 Å². The molecular weight excluding hydrogens is 318 g/mol. The highest BCUT2D eigenvalue weighted by Crippen LogP contribution is 2.33. The van der Waals surface area contributed by atoms with Crippen molar-refractivity contribution >= 4 is 5.82 Å². The van der Waals surface area contributed by atoms with Crippen molar-refractivity contribution in [3.8, 4) is 17.3 Å². The zero-order valence-electron chi connectivity index (χ0n) is 14.0. The number of aryl methyl sites for hydroxylation is 1. The lowest BCUT2D eigenvalue weighted by atomic mass is 10.2. The van der Waals surface area contributed by atoms with Crippen molar-refractivity contribution in [3.05, 3.63) is 53.9 Å². The number of hydrogen-bond donors (Lipinski definition) is 1. The number of rotatable bonds is 4. The van der Waals surface area contributed by atoms with Crippen LogP contribution < -0.4 is 14.8 Å². The maximum atomic E-state index is 5.83. The van der Waals surface area contributed by atoms with E-state index in [1.165, 1.54) is 0 Å². The van der Waals surface area contributed by atoms with Gasteiger partial charge in [-0.15, -0.1) is 10.2 Å². The third kappa shape index (κ3) is 3.40. The lowest BCUT2D eigenvalue weighted by Gasteiger charge is -2.13. The second-order valence-corrected chi connectivity index (χ2v) is 5.83. The molecule has 128 valence electrons. The van der Waals surface area contributed by atoms with Crippen LogP contribution in [-0.2, 0) is 6.54 Å². The van der Waals surface area contributed by atoms with Gasteiger partial charge in [0.1, 0.15) is 5.82 Å². The molecule has 7 heteroatoms. The van der Waals surface area contributed by atoms with Gasteiger partial charge in [0.15, 0.2) is 17.3 Å². The van der Waals surface area contributed by atoms with Crippen LogP contribution in [0.4, 0.5) is 5.82 Å². The van der Waals surface area contributed by atoms with Crippen LogP contribution in [0.2, 0.25) is 0 Å². The number of nitrogens with zero attached hydrogens (tertiary/aromatic N) is 4. The topological polar surface area (TPSA) is 74.1 Å². The summed E-state index contributed by atoms with van der Waals surface area (Å²) < 4.78 is 13.3. The lowest BCUT2D eigenvalue weighted by Crippen LogP contribution is -2.07. The molecule has 1 aliphatic heterocycles. The van der Waals surface area contributed by atoms with E-state index in [-0.39, 0.29) is 0 Å². The Balaban J connectivity index is 1.47. The number of para-hydroxylation sites is 1. The summed E-state index contributed by atoms with van der Waals surface area (Å²) in [5, 5.41) is 16.0. The predicted molar refractivity (Wildman–Crippen MR) is 93.3 cm³/mol. The number of fused-ring (bicyclic) bond motifs is 1. The van der Waals surface area contributed by atoms with Crippen molar-refractivity contribution in [1.29, 1.82) is 0 Å². The molecular formula is C18H19N5O2. The van der Waals surface area contributed by atoms with Gasteiger partial charge in [-0.05, 0) is 31.2 Å². The fourth-order valence-electron chi connectivity index (χ4n) is 2.66. The van der Waals surface area contributed by atoms with Crippen LogP contribution in [0.3, 0.4) is 0 Å². The van der Waals surface area contributed by atoms with E-state index in [1.807, 2.05) is 49.5 Å². The van der Waals surface area contributed by atoms with Crippen LogP contribution in [0.5, 0.6) is 11.5 Å². The van der Waals surface area contributed by atoms with Gasteiger partial charge in [0, 0.05) is 24.7 Å². The number of anilines is 1. The molecule has 2 aromatic heterocycles. The molecule has 1 N–H and O–H groups in total. The molecule has 0 fully saturated rings. The molecule has 1 aliphatic rings. The van der Waals surface area contributed by atoms with E-state index in [0.717, 1.165) is 29.2 Å². The van der Waals surface area contributed by atoms with Crippen LogP contribution in [0.15, 0.2) is 42.6 Å². The third-order valence-electron chi connectivity index (χ3n) is 3.92. The monoisotopic (exact) mass is 337 g/mol. The van der Waals surface area contributed by atoms with Crippen molar-refractivity contribution in [1.82, 2.24) is 20.0 Å². The number of aromatic nitrogens is 4. The van der Waals surface area contributed by atoms with Gasteiger partial charge in [0.25, 0.3) is 0 Å². The number of benzene rings is 1. The van der Waals surface area contributed by atoms with Crippen molar-refractivity contribution in [2.75, 3.05) is 18.5 Å². The molecule has 1 aromatic carbocycles. The Morgan fingerprint density at radius 3 is 2.80 bits per heavy atom. The molecule has 0 atom stereocenters. The summed E-state index contributed by atoms with van der Waals surface area (Å²) in [6, 6.07) is 11.6. The van der Waals surface area contributed by atoms with Crippen LogP contribution in [-0.4, -0.2) is 33.2 Å². The fourth-order valence-corrected chi connectivity index (χ4v) is 2.66. The lowest BCUT2D eigenvalue weighted by molar-refractivity contribution is 0.296. The van der Waals surface area contributed by atoms with Gasteiger partial charge < -0.3 is 14.8 Å². The molecule has 3 aromatic rings. The molecule has 0 saturated heterocycles. The molecule has 0 unspecified atom stereocenters. The molecule has 0 amide bonds. The van der Waals surface area contributed by atoms with E-state index in [4.69, 9.17) is 9.47 Å². The summed E-state index contributed by atoms with van der Waals surface area (Å²) in [6.07, 6.45) is 2.75. The minimum absolute atomic E-state index is 0.585. The molecule has 0 spiro atoms. The smallest absolute Gasteiger partial charge is 0.175 e. The number of hydrogen-bond acceptors (Lipinski definition) is 6. The zero-order valence-corrected chi connectivity index (χ0v) is 14.0. The third-order valence-corrected chi connectivity index (χ3v) is 3.92. The summed E-state index contributed by atoms with van der Waals surface area (Å²) >= 11 is 0. The van der Waals surface area contributed by atoms with Gasteiger partial charge in [-0.25, -0.2) is 4.68 Å². The first-order valence-electron chi connectivity index (χ1n) is 8.27. The average Bonchev–Trinajstić information content (AvgIpc) is 2.93. The number of ether oxygens (including phenoxy) is 2. The van der Waals surface area contributed by atoms with Gasteiger partial charge in [-0.3, -0.25) is 0 Å². The maximum Gasteiger partial charge on any atom is 0.175 e. The zero-order chi connectivity index (χ0) is 17.1.